The molecular formula is C20H22N2O2. The molecule has 1 fully saturated rings. The summed E-state index contributed by atoms with van der Waals surface area (Å²) in [7, 11) is 3.37. The van der Waals surface area contributed by atoms with Gasteiger partial charge in [0.25, 0.3) is 0 Å². The molecule has 0 heterocycles. The topological polar surface area (TPSA) is 45.5 Å². The van der Waals surface area contributed by atoms with Crippen molar-refractivity contribution in [3.63, 3.8) is 0 Å². The maximum Gasteiger partial charge on any atom is 0.123 e. The fourth-order valence-corrected chi connectivity index (χ4v) is 2.96. The van der Waals surface area contributed by atoms with Crippen LogP contribution >= 0.6 is 0 Å². The number of nitriles is 1. The van der Waals surface area contributed by atoms with Crippen LogP contribution < -0.4 is 9.47 Å². The van der Waals surface area contributed by atoms with Crippen LogP contribution in [-0.4, -0.2) is 25.2 Å². The van der Waals surface area contributed by atoms with Crippen LogP contribution in [0.25, 0.3) is 0 Å². The van der Waals surface area contributed by atoms with E-state index in [1.54, 1.807) is 14.2 Å². The minimum absolute atomic E-state index is 0.577. The number of nitrogens with zero attached hydrogens (tertiary/aromatic N) is 2. The molecule has 0 bridgehead atoms. The van der Waals surface area contributed by atoms with E-state index in [9.17, 15) is 5.26 Å². The lowest BCUT2D eigenvalue weighted by Crippen LogP contribution is -2.25. The van der Waals surface area contributed by atoms with Crippen molar-refractivity contribution in [2.45, 2.75) is 32.0 Å². The molecule has 0 amide bonds. The van der Waals surface area contributed by atoms with Gasteiger partial charge in [0.2, 0.25) is 0 Å². The normalized spacial score (nSPS) is 13.6. The number of hydrogen-bond acceptors (Lipinski definition) is 4. The Hall–Kier alpha value is -2.51. The summed E-state index contributed by atoms with van der Waals surface area (Å²) in [5, 5.41) is 9.32. The Labute approximate surface area is 143 Å². The summed E-state index contributed by atoms with van der Waals surface area (Å²) in [6.45, 7) is 1.56. The van der Waals surface area contributed by atoms with Gasteiger partial charge in [0.15, 0.2) is 0 Å². The fourth-order valence-electron chi connectivity index (χ4n) is 2.96. The second-order valence-electron chi connectivity index (χ2n) is 6.08. The van der Waals surface area contributed by atoms with Crippen molar-refractivity contribution < 1.29 is 9.47 Å². The third-order valence-electron chi connectivity index (χ3n) is 4.44. The molecule has 4 nitrogen and oxygen atoms in total. The van der Waals surface area contributed by atoms with E-state index in [1.165, 1.54) is 12.8 Å². The standard InChI is InChI=1S/C20H22N2O2/c1-23-19-9-10-20(24-2)17(11-19)14-22(18-7-8-18)13-16-6-4-3-5-15(16)12-21/h3-6,9-11,18H,7-8,13-14H2,1-2H3. The van der Waals surface area contributed by atoms with Gasteiger partial charge in [-0.1, -0.05) is 18.2 Å². The summed E-state index contributed by atoms with van der Waals surface area (Å²) in [5.41, 5.74) is 2.94. The van der Waals surface area contributed by atoms with Crippen LogP contribution in [0.2, 0.25) is 0 Å². The van der Waals surface area contributed by atoms with Crippen molar-refractivity contribution in [2.24, 2.45) is 0 Å². The second kappa shape index (κ2) is 7.37. The SMILES string of the molecule is COc1ccc(OC)c(CN(Cc2ccccc2C#N)C2CC2)c1. The first-order valence-corrected chi connectivity index (χ1v) is 8.18. The van der Waals surface area contributed by atoms with Gasteiger partial charge in [0, 0.05) is 24.7 Å². The van der Waals surface area contributed by atoms with Gasteiger partial charge in [-0.05, 0) is 42.7 Å². The largest absolute Gasteiger partial charge is 0.497 e. The van der Waals surface area contributed by atoms with Crippen LogP contribution in [0, 0.1) is 11.3 Å². The molecule has 24 heavy (non-hydrogen) atoms. The number of methoxy groups -OCH3 is 2. The summed E-state index contributed by atoms with van der Waals surface area (Å²) in [4.78, 5) is 2.42. The van der Waals surface area contributed by atoms with Crippen molar-refractivity contribution in [3.8, 4) is 17.6 Å². The third-order valence-corrected chi connectivity index (χ3v) is 4.44. The lowest BCUT2D eigenvalue weighted by molar-refractivity contribution is 0.241. The van der Waals surface area contributed by atoms with Crippen LogP contribution in [-0.2, 0) is 13.1 Å². The monoisotopic (exact) mass is 322 g/mol. The third kappa shape index (κ3) is 3.69. The molecule has 0 atom stereocenters. The predicted octanol–water partition coefficient (Wildman–Crippen LogP) is 3.74. The lowest BCUT2D eigenvalue weighted by Gasteiger charge is -2.24. The zero-order chi connectivity index (χ0) is 16.9. The molecule has 124 valence electrons. The molecule has 2 aromatic carbocycles. The Morgan fingerprint density at radius 1 is 1.04 bits per heavy atom. The van der Waals surface area contributed by atoms with Crippen molar-refractivity contribution in [2.75, 3.05) is 14.2 Å². The minimum Gasteiger partial charge on any atom is -0.497 e. The smallest absolute Gasteiger partial charge is 0.123 e. The van der Waals surface area contributed by atoms with Crippen LogP contribution in [0.3, 0.4) is 0 Å². The minimum atomic E-state index is 0.577. The molecule has 0 aliphatic heterocycles. The highest BCUT2D eigenvalue weighted by Crippen LogP contribution is 2.33. The summed E-state index contributed by atoms with van der Waals surface area (Å²) < 4.78 is 10.9. The molecule has 1 aliphatic carbocycles. The van der Waals surface area contributed by atoms with E-state index in [1.807, 2.05) is 42.5 Å². The molecule has 2 aromatic rings. The van der Waals surface area contributed by atoms with Gasteiger partial charge in [0.05, 0.1) is 25.9 Å². The summed E-state index contributed by atoms with van der Waals surface area (Å²) in [6.07, 6.45) is 2.42. The Morgan fingerprint density at radius 3 is 2.46 bits per heavy atom. The number of benzene rings is 2. The van der Waals surface area contributed by atoms with Crippen molar-refractivity contribution in [3.05, 3.63) is 59.2 Å². The zero-order valence-corrected chi connectivity index (χ0v) is 14.2. The zero-order valence-electron chi connectivity index (χ0n) is 14.2. The van der Waals surface area contributed by atoms with Gasteiger partial charge >= 0.3 is 0 Å². The lowest BCUT2D eigenvalue weighted by atomic mass is 10.1. The molecule has 0 radical (unpaired) electrons. The fraction of sp³-hybridized carbons (Fsp3) is 0.350. The Balaban J connectivity index is 1.84. The number of ether oxygens (including phenoxy) is 2. The number of hydrogen-bond donors (Lipinski definition) is 0. The van der Waals surface area contributed by atoms with Crippen LogP contribution in [0.4, 0.5) is 0 Å². The molecule has 0 aromatic heterocycles. The molecular weight excluding hydrogens is 300 g/mol. The highest BCUT2D eigenvalue weighted by atomic mass is 16.5. The Bertz CT molecular complexity index is 748. The van der Waals surface area contributed by atoms with Crippen molar-refractivity contribution in [1.29, 1.82) is 5.26 Å². The molecule has 0 saturated heterocycles. The summed E-state index contributed by atoms with van der Waals surface area (Å²) >= 11 is 0. The van der Waals surface area contributed by atoms with E-state index in [0.29, 0.717) is 6.04 Å². The van der Waals surface area contributed by atoms with E-state index in [-0.39, 0.29) is 0 Å². The van der Waals surface area contributed by atoms with Gasteiger partial charge in [-0.2, -0.15) is 5.26 Å². The van der Waals surface area contributed by atoms with Crippen LogP contribution in [0.1, 0.15) is 29.5 Å². The van der Waals surface area contributed by atoms with Gasteiger partial charge in [0.1, 0.15) is 11.5 Å². The first-order valence-electron chi connectivity index (χ1n) is 8.18. The van der Waals surface area contributed by atoms with Gasteiger partial charge in [-0.25, -0.2) is 0 Å². The van der Waals surface area contributed by atoms with E-state index >= 15 is 0 Å². The average Bonchev–Trinajstić information content (AvgIpc) is 3.46. The first-order chi connectivity index (χ1) is 11.7. The first kappa shape index (κ1) is 16.4. The quantitative estimate of drug-likeness (QED) is 0.779. The second-order valence-corrected chi connectivity index (χ2v) is 6.08. The van der Waals surface area contributed by atoms with Gasteiger partial charge in [-0.15, -0.1) is 0 Å². The Kier molecular flexibility index (Phi) is 5.02. The maximum atomic E-state index is 9.32. The van der Waals surface area contributed by atoms with Gasteiger partial charge < -0.3 is 9.47 Å². The van der Waals surface area contributed by atoms with Crippen molar-refractivity contribution in [1.82, 2.24) is 4.90 Å². The predicted molar refractivity (Wildman–Crippen MR) is 93.0 cm³/mol. The van der Waals surface area contributed by atoms with E-state index in [0.717, 1.165) is 41.3 Å². The molecule has 0 unspecified atom stereocenters. The molecule has 3 rings (SSSR count). The summed E-state index contributed by atoms with van der Waals surface area (Å²) in [5.74, 6) is 1.70. The molecule has 1 aliphatic rings. The molecule has 0 N–H and O–H groups in total. The molecule has 4 heteroatoms. The van der Waals surface area contributed by atoms with Crippen LogP contribution in [0.5, 0.6) is 11.5 Å². The van der Waals surface area contributed by atoms with E-state index in [2.05, 4.69) is 11.0 Å². The summed E-state index contributed by atoms with van der Waals surface area (Å²) in [6, 6.07) is 16.6. The highest BCUT2D eigenvalue weighted by Gasteiger charge is 2.30. The maximum absolute atomic E-state index is 9.32. The average molecular weight is 322 g/mol. The Morgan fingerprint density at radius 2 is 1.79 bits per heavy atom. The molecule has 0 spiro atoms. The van der Waals surface area contributed by atoms with Crippen LogP contribution in [0.15, 0.2) is 42.5 Å². The van der Waals surface area contributed by atoms with E-state index < -0.39 is 0 Å². The molecule has 1 saturated carbocycles. The highest BCUT2D eigenvalue weighted by molar-refractivity contribution is 5.41. The number of rotatable bonds is 7. The van der Waals surface area contributed by atoms with Crippen molar-refractivity contribution >= 4 is 0 Å². The van der Waals surface area contributed by atoms with Gasteiger partial charge in [-0.3, -0.25) is 4.90 Å². The van der Waals surface area contributed by atoms with E-state index in [4.69, 9.17) is 9.47 Å².